The predicted octanol–water partition coefficient (Wildman–Crippen LogP) is 1.57. The third kappa shape index (κ3) is 3.90. The van der Waals surface area contributed by atoms with Crippen LogP contribution in [0.3, 0.4) is 0 Å². The van der Waals surface area contributed by atoms with Gasteiger partial charge in [0.05, 0.1) is 6.04 Å². The number of carbonyl (C=O) groups excluding carboxylic acids is 1. The van der Waals surface area contributed by atoms with Crippen LogP contribution in [0, 0.1) is 24.2 Å². The first-order chi connectivity index (χ1) is 7.76. The molecule has 0 aliphatic carbocycles. The molecule has 1 aromatic carbocycles. The largest absolute Gasteiger partial charge is 0.332 e. The van der Waals surface area contributed by atoms with E-state index in [1.165, 1.54) is 0 Å². The summed E-state index contributed by atoms with van der Waals surface area (Å²) < 4.78 is 0. The highest BCUT2D eigenvalue weighted by Gasteiger charge is 2.03. The molecule has 0 aromatic heterocycles. The first-order valence-electron chi connectivity index (χ1n) is 5.10. The summed E-state index contributed by atoms with van der Waals surface area (Å²) in [4.78, 5) is 11.4. The summed E-state index contributed by atoms with van der Waals surface area (Å²) in [7, 11) is 0. The molecule has 0 saturated carbocycles. The summed E-state index contributed by atoms with van der Waals surface area (Å²) in [6.45, 7) is 1.91. The quantitative estimate of drug-likeness (QED) is 0.739. The van der Waals surface area contributed by atoms with E-state index in [0.717, 1.165) is 5.56 Å². The molecule has 0 aliphatic rings. The van der Waals surface area contributed by atoms with Crippen LogP contribution < -0.4 is 5.32 Å². The number of carbonyl (C=O) groups is 1. The van der Waals surface area contributed by atoms with E-state index < -0.39 is 0 Å². The van der Waals surface area contributed by atoms with Crippen molar-refractivity contribution < 1.29 is 4.79 Å². The number of benzene rings is 1. The molecule has 0 heterocycles. The fourth-order valence-electron chi connectivity index (χ4n) is 1.11. The first kappa shape index (κ1) is 11.9. The Kier molecular flexibility index (Phi) is 4.70. The third-order valence-corrected chi connectivity index (χ3v) is 2.01. The molecule has 2 nitrogen and oxygen atoms in total. The second kappa shape index (κ2) is 6.32. The van der Waals surface area contributed by atoms with Crippen molar-refractivity contribution in [2.45, 2.75) is 19.4 Å². The highest BCUT2D eigenvalue weighted by atomic mass is 16.1. The zero-order chi connectivity index (χ0) is 11.8. The van der Waals surface area contributed by atoms with Crippen LogP contribution in [0.1, 0.15) is 18.9 Å². The maximum absolute atomic E-state index is 11.4. The van der Waals surface area contributed by atoms with E-state index in [4.69, 9.17) is 6.42 Å². The molecule has 0 saturated heterocycles. The Morgan fingerprint density at radius 2 is 2.12 bits per heavy atom. The number of hydrogen-bond acceptors (Lipinski definition) is 1. The van der Waals surface area contributed by atoms with Crippen molar-refractivity contribution in [2.75, 3.05) is 0 Å². The van der Waals surface area contributed by atoms with Crippen LogP contribution in [0.4, 0.5) is 0 Å². The lowest BCUT2D eigenvalue weighted by molar-refractivity contribution is -0.116. The van der Waals surface area contributed by atoms with Gasteiger partial charge in [-0.3, -0.25) is 4.79 Å². The topological polar surface area (TPSA) is 29.1 Å². The van der Waals surface area contributed by atoms with E-state index in [1.807, 2.05) is 37.3 Å². The van der Waals surface area contributed by atoms with Crippen LogP contribution in [0.5, 0.6) is 0 Å². The third-order valence-electron chi connectivity index (χ3n) is 2.01. The van der Waals surface area contributed by atoms with Crippen molar-refractivity contribution in [3.63, 3.8) is 0 Å². The summed E-state index contributed by atoms with van der Waals surface area (Å²) in [5.41, 5.74) is 0.811. The monoisotopic (exact) mass is 211 g/mol. The lowest BCUT2D eigenvalue weighted by atomic mass is 10.2. The molecule has 1 rings (SSSR count). The van der Waals surface area contributed by atoms with E-state index in [-0.39, 0.29) is 11.9 Å². The van der Waals surface area contributed by atoms with E-state index >= 15 is 0 Å². The second-order valence-electron chi connectivity index (χ2n) is 3.22. The molecule has 0 aliphatic heterocycles. The van der Waals surface area contributed by atoms with Crippen LogP contribution in [0.25, 0.3) is 0 Å². The van der Waals surface area contributed by atoms with Crippen LogP contribution >= 0.6 is 0 Å². The van der Waals surface area contributed by atoms with Crippen LogP contribution in [-0.4, -0.2) is 11.9 Å². The van der Waals surface area contributed by atoms with Gasteiger partial charge in [0.15, 0.2) is 0 Å². The van der Waals surface area contributed by atoms with Crippen molar-refractivity contribution in [1.82, 2.24) is 5.32 Å². The fourth-order valence-corrected chi connectivity index (χ4v) is 1.11. The van der Waals surface area contributed by atoms with E-state index in [9.17, 15) is 4.79 Å². The minimum absolute atomic E-state index is 0.238. The molecule has 0 spiro atoms. The van der Waals surface area contributed by atoms with Crippen LogP contribution in [0.15, 0.2) is 30.3 Å². The summed E-state index contributed by atoms with van der Waals surface area (Å²) >= 11 is 0. The molecule has 1 atom stereocenters. The molecule has 0 fully saturated rings. The van der Waals surface area contributed by atoms with Crippen molar-refractivity contribution in [3.8, 4) is 24.2 Å². The zero-order valence-electron chi connectivity index (χ0n) is 9.16. The van der Waals surface area contributed by atoms with Gasteiger partial charge in [-0.2, -0.15) is 0 Å². The second-order valence-corrected chi connectivity index (χ2v) is 3.22. The first-order valence-corrected chi connectivity index (χ1v) is 5.10. The normalized spacial score (nSPS) is 10.5. The Morgan fingerprint density at radius 1 is 1.44 bits per heavy atom. The van der Waals surface area contributed by atoms with Gasteiger partial charge in [-0.05, 0) is 18.6 Å². The van der Waals surface area contributed by atoms with E-state index in [1.54, 1.807) is 0 Å². The molecular weight excluding hydrogens is 198 g/mol. The Morgan fingerprint density at radius 3 is 2.69 bits per heavy atom. The van der Waals surface area contributed by atoms with E-state index in [0.29, 0.717) is 6.42 Å². The van der Waals surface area contributed by atoms with Gasteiger partial charge < -0.3 is 5.32 Å². The van der Waals surface area contributed by atoms with Gasteiger partial charge in [0.2, 0.25) is 0 Å². The minimum Gasteiger partial charge on any atom is -0.332 e. The molecule has 2 heteroatoms. The van der Waals surface area contributed by atoms with Gasteiger partial charge in [0.25, 0.3) is 5.91 Å². The Labute approximate surface area is 96.1 Å². The minimum atomic E-state index is -0.339. The average molecular weight is 211 g/mol. The molecule has 16 heavy (non-hydrogen) atoms. The number of hydrogen-bond donors (Lipinski definition) is 1. The lowest BCUT2D eigenvalue weighted by Crippen LogP contribution is -2.32. The van der Waals surface area contributed by atoms with Gasteiger partial charge in [-0.25, -0.2) is 0 Å². The maximum atomic E-state index is 11.4. The average Bonchev–Trinajstić information content (AvgIpc) is 2.34. The molecule has 0 bridgehead atoms. The number of terminal acetylenes is 1. The highest BCUT2D eigenvalue weighted by molar-refractivity contribution is 5.94. The van der Waals surface area contributed by atoms with Crippen molar-refractivity contribution >= 4 is 5.91 Å². The summed E-state index contributed by atoms with van der Waals surface area (Å²) in [6.07, 6.45) is 5.93. The molecule has 1 unspecified atom stereocenters. The standard InChI is InChI=1S/C14H13NO/c1-3-13(4-2)15-14(16)11-10-12-8-6-5-7-9-12/h1,5-9,13H,4H2,2H3,(H,15,16). The van der Waals surface area contributed by atoms with Crippen molar-refractivity contribution in [3.05, 3.63) is 35.9 Å². The fraction of sp³-hybridized carbons (Fsp3) is 0.214. The smallest absolute Gasteiger partial charge is 0.297 e. The maximum Gasteiger partial charge on any atom is 0.297 e. The molecular formula is C14H13NO. The highest BCUT2D eigenvalue weighted by Crippen LogP contribution is 1.94. The Hall–Kier alpha value is -2.19. The van der Waals surface area contributed by atoms with Crippen LogP contribution in [-0.2, 0) is 4.79 Å². The van der Waals surface area contributed by atoms with Gasteiger partial charge >= 0.3 is 0 Å². The van der Waals surface area contributed by atoms with Gasteiger partial charge in [-0.15, -0.1) is 6.42 Å². The molecule has 0 radical (unpaired) electrons. The van der Waals surface area contributed by atoms with Gasteiger partial charge in [0.1, 0.15) is 0 Å². The summed E-state index contributed by atoms with van der Waals surface area (Å²) in [5, 5.41) is 2.64. The van der Waals surface area contributed by atoms with Crippen LogP contribution in [0.2, 0.25) is 0 Å². The Bertz CT molecular complexity index is 445. The molecule has 1 amide bonds. The van der Waals surface area contributed by atoms with Gasteiger partial charge in [-0.1, -0.05) is 37.0 Å². The lowest BCUT2D eigenvalue weighted by Gasteiger charge is -2.06. The SMILES string of the molecule is C#CC(CC)NC(=O)C#Cc1ccccc1. The predicted molar refractivity (Wildman–Crippen MR) is 64.4 cm³/mol. The zero-order valence-corrected chi connectivity index (χ0v) is 9.16. The Balaban J connectivity index is 2.59. The number of amides is 1. The van der Waals surface area contributed by atoms with E-state index in [2.05, 4.69) is 23.1 Å². The summed E-state index contributed by atoms with van der Waals surface area (Å²) in [6, 6.07) is 9.10. The number of rotatable bonds is 2. The molecule has 80 valence electrons. The van der Waals surface area contributed by atoms with Crippen molar-refractivity contribution in [2.24, 2.45) is 0 Å². The van der Waals surface area contributed by atoms with Gasteiger partial charge in [0, 0.05) is 11.5 Å². The van der Waals surface area contributed by atoms with Crippen molar-refractivity contribution in [1.29, 1.82) is 0 Å². The molecule has 1 aromatic rings. The number of nitrogens with one attached hydrogen (secondary N) is 1. The molecule has 1 N–H and O–H groups in total. The summed E-state index contributed by atoms with van der Waals surface area (Å²) in [5.74, 6) is 7.41.